The van der Waals surface area contributed by atoms with Crippen LogP contribution in [-0.4, -0.2) is 27.7 Å². The van der Waals surface area contributed by atoms with E-state index in [2.05, 4.69) is 45.9 Å². The molecule has 4 heteroatoms. The number of likely N-dealkylation sites (tertiary alicyclic amines) is 1. The molecule has 1 heterocycles. The molecule has 0 bridgehead atoms. The van der Waals surface area contributed by atoms with Gasteiger partial charge in [0.25, 0.3) is 11.7 Å². The van der Waals surface area contributed by atoms with Gasteiger partial charge in [-0.1, -0.05) is 83.4 Å². The molecule has 1 atom stereocenters. The average Bonchev–Trinajstić information content (AvgIpc) is 3.09. The van der Waals surface area contributed by atoms with Crippen molar-refractivity contribution >= 4 is 17.4 Å². The van der Waals surface area contributed by atoms with Crippen LogP contribution in [0.15, 0.2) is 48.0 Å². The molecule has 0 aromatic heterocycles. The molecule has 1 N–H and O–H groups in total. The van der Waals surface area contributed by atoms with E-state index in [1.807, 2.05) is 31.2 Å². The molecular formula is C30H37NO3. The van der Waals surface area contributed by atoms with E-state index in [-0.39, 0.29) is 22.8 Å². The molecule has 2 aliphatic rings. The number of benzene rings is 2. The van der Waals surface area contributed by atoms with Crippen molar-refractivity contribution in [3.05, 3.63) is 75.9 Å². The number of amides is 1. The highest BCUT2D eigenvalue weighted by Crippen LogP contribution is 2.43. The largest absolute Gasteiger partial charge is 0.507 e. The number of aliphatic hydroxyl groups is 1. The van der Waals surface area contributed by atoms with Crippen LogP contribution in [0.25, 0.3) is 5.76 Å². The van der Waals surface area contributed by atoms with E-state index in [9.17, 15) is 14.7 Å². The molecule has 2 aromatic carbocycles. The van der Waals surface area contributed by atoms with Crippen LogP contribution in [0.4, 0.5) is 0 Å². The summed E-state index contributed by atoms with van der Waals surface area (Å²) < 4.78 is 0. The summed E-state index contributed by atoms with van der Waals surface area (Å²) in [6.07, 6.45) is 5.99. The quantitative estimate of drug-likeness (QED) is 0.318. The molecule has 1 saturated carbocycles. The zero-order valence-electron chi connectivity index (χ0n) is 21.1. The molecule has 4 nitrogen and oxygen atoms in total. The second-order valence-corrected chi connectivity index (χ2v) is 10.9. The zero-order chi connectivity index (χ0) is 24.6. The Morgan fingerprint density at radius 1 is 1.00 bits per heavy atom. The fourth-order valence-corrected chi connectivity index (χ4v) is 5.34. The maximum absolute atomic E-state index is 13.5. The Labute approximate surface area is 203 Å². The minimum atomic E-state index is -0.576. The third kappa shape index (κ3) is 4.43. The van der Waals surface area contributed by atoms with Gasteiger partial charge in [0.05, 0.1) is 11.6 Å². The van der Waals surface area contributed by atoms with Crippen LogP contribution in [0.3, 0.4) is 0 Å². The van der Waals surface area contributed by atoms with Crippen molar-refractivity contribution in [3.63, 3.8) is 0 Å². The van der Waals surface area contributed by atoms with Crippen molar-refractivity contribution in [1.82, 2.24) is 4.90 Å². The average molecular weight is 460 g/mol. The number of carbonyl (C=O) groups is 2. The molecule has 1 saturated heterocycles. The predicted molar refractivity (Wildman–Crippen MR) is 137 cm³/mol. The third-order valence-corrected chi connectivity index (χ3v) is 7.51. The van der Waals surface area contributed by atoms with Crippen LogP contribution in [0.1, 0.15) is 93.7 Å². The summed E-state index contributed by atoms with van der Waals surface area (Å²) in [5.74, 6) is -1.12. The van der Waals surface area contributed by atoms with Gasteiger partial charge in [-0.2, -0.15) is 0 Å². The maximum atomic E-state index is 13.5. The van der Waals surface area contributed by atoms with Gasteiger partial charge in [-0.05, 0) is 59.9 Å². The third-order valence-electron chi connectivity index (χ3n) is 7.51. The van der Waals surface area contributed by atoms with Crippen molar-refractivity contribution in [3.8, 4) is 0 Å². The van der Waals surface area contributed by atoms with Crippen LogP contribution in [0.5, 0.6) is 0 Å². The molecule has 0 radical (unpaired) electrons. The summed E-state index contributed by atoms with van der Waals surface area (Å²) in [7, 11) is 0. The highest BCUT2D eigenvalue weighted by Gasteiger charge is 2.49. The summed E-state index contributed by atoms with van der Waals surface area (Å²) in [6, 6.07) is 13.6. The Morgan fingerprint density at radius 2 is 1.65 bits per heavy atom. The Morgan fingerprint density at radius 3 is 2.24 bits per heavy atom. The fraction of sp³-hybridized carbons (Fsp3) is 0.467. The number of hydrogen-bond donors (Lipinski definition) is 1. The molecule has 34 heavy (non-hydrogen) atoms. The first kappa shape index (κ1) is 24.3. The second kappa shape index (κ2) is 9.40. The Bertz CT molecular complexity index is 1110. The highest BCUT2D eigenvalue weighted by molar-refractivity contribution is 6.46. The number of aryl methyl sites for hydroxylation is 2. The van der Waals surface area contributed by atoms with E-state index in [4.69, 9.17) is 0 Å². The molecular weight excluding hydrogens is 422 g/mol. The SMILES string of the molecule is CCc1ccc(C2/C(=C(\O)c3cc(C(C)(C)C)ccc3C)C(=O)C(=O)N2C2CCCCC2)cc1. The lowest BCUT2D eigenvalue weighted by molar-refractivity contribution is -0.141. The minimum absolute atomic E-state index is 0.0216. The van der Waals surface area contributed by atoms with Crippen molar-refractivity contribution in [2.45, 2.75) is 90.6 Å². The van der Waals surface area contributed by atoms with Gasteiger partial charge in [0.2, 0.25) is 0 Å². The Hall–Kier alpha value is -2.88. The molecule has 2 fully saturated rings. The first-order chi connectivity index (χ1) is 16.1. The minimum Gasteiger partial charge on any atom is -0.507 e. The van der Waals surface area contributed by atoms with Crippen molar-refractivity contribution in [2.75, 3.05) is 0 Å². The molecule has 2 aromatic rings. The van der Waals surface area contributed by atoms with Crippen LogP contribution < -0.4 is 0 Å². The zero-order valence-corrected chi connectivity index (χ0v) is 21.1. The first-order valence-corrected chi connectivity index (χ1v) is 12.6. The number of Topliss-reactive ketones (excluding diaryl/α,β-unsaturated/α-hetero) is 1. The van der Waals surface area contributed by atoms with E-state index in [1.165, 1.54) is 5.56 Å². The fourth-order valence-electron chi connectivity index (χ4n) is 5.34. The molecule has 1 aliphatic carbocycles. The monoisotopic (exact) mass is 459 g/mol. The molecule has 4 rings (SSSR count). The number of carbonyl (C=O) groups excluding carboxylic acids is 2. The van der Waals surface area contributed by atoms with Gasteiger partial charge in [-0.25, -0.2) is 0 Å². The molecule has 1 aliphatic heterocycles. The van der Waals surface area contributed by atoms with E-state index in [1.54, 1.807) is 4.90 Å². The van der Waals surface area contributed by atoms with Gasteiger partial charge >= 0.3 is 0 Å². The number of hydrogen-bond acceptors (Lipinski definition) is 3. The number of nitrogens with zero attached hydrogens (tertiary/aromatic N) is 1. The van der Waals surface area contributed by atoms with Gasteiger partial charge < -0.3 is 10.0 Å². The van der Waals surface area contributed by atoms with Crippen molar-refractivity contribution in [2.24, 2.45) is 0 Å². The summed E-state index contributed by atoms with van der Waals surface area (Å²) >= 11 is 0. The Balaban J connectivity index is 1.90. The normalized spacial score (nSPS) is 21.3. The van der Waals surface area contributed by atoms with Gasteiger partial charge in [0, 0.05) is 11.6 Å². The number of ketones is 1. The summed E-state index contributed by atoms with van der Waals surface area (Å²) in [5.41, 5.74) is 4.78. The van der Waals surface area contributed by atoms with Gasteiger partial charge in [0.15, 0.2) is 0 Å². The molecule has 0 spiro atoms. The lowest BCUT2D eigenvalue weighted by atomic mass is 9.84. The first-order valence-electron chi connectivity index (χ1n) is 12.6. The molecule has 1 amide bonds. The van der Waals surface area contributed by atoms with Gasteiger partial charge in [-0.3, -0.25) is 9.59 Å². The van der Waals surface area contributed by atoms with Crippen LogP contribution in [-0.2, 0) is 21.4 Å². The smallest absolute Gasteiger partial charge is 0.295 e. The van der Waals surface area contributed by atoms with E-state index < -0.39 is 17.7 Å². The maximum Gasteiger partial charge on any atom is 0.295 e. The van der Waals surface area contributed by atoms with Crippen LogP contribution in [0.2, 0.25) is 0 Å². The Kier molecular flexibility index (Phi) is 6.71. The second-order valence-electron chi connectivity index (χ2n) is 10.9. The molecule has 180 valence electrons. The van der Waals surface area contributed by atoms with Gasteiger partial charge in [-0.15, -0.1) is 0 Å². The lowest BCUT2D eigenvalue weighted by Gasteiger charge is -2.35. The summed E-state index contributed by atoms with van der Waals surface area (Å²) in [5, 5.41) is 11.6. The van der Waals surface area contributed by atoms with E-state index in [0.717, 1.165) is 55.2 Å². The summed E-state index contributed by atoms with van der Waals surface area (Å²) in [4.78, 5) is 28.6. The highest BCUT2D eigenvalue weighted by atomic mass is 16.3. The standard InChI is InChI=1S/C30H37NO3/c1-6-20-13-15-21(16-14-20)26-25(28(33)29(34)31(26)23-10-8-7-9-11-23)27(32)24-18-22(30(3,4)5)17-12-19(24)2/h12-18,23,26,32H,6-11H2,1-5H3/b27-25+. The van der Waals surface area contributed by atoms with Crippen LogP contribution in [0, 0.1) is 6.92 Å². The van der Waals surface area contributed by atoms with Crippen molar-refractivity contribution in [1.29, 1.82) is 0 Å². The predicted octanol–water partition coefficient (Wildman–Crippen LogP) is 6.61. The van der Waals surface area contributed by atoms with Crippen LogP contribution >= 0.6 is 0 Å². The topological polar surface area (TPSA) is 57.6 Å². The number of aliphatic hydroxyl groups excluding tert-OH is 1. The number of rotatable bonds is 4. The summed E-state index contributed by atoms with van der Waals surface area (Å²) in [6.45, 7) is 10.4. The lowest BCUT2D eigenvalue weighted by Crippen LogP contribution is -2.40. The van der Waals surface area contributed by atoms with E-state index in [0.29, 0.717) is 5.56 Å². The van der Waals surface area contributed by atoms with Gasteiger partial charge in [0.1, 0.15) is 5.76 Å². The van der Waals surface area contributed by atoms with Crippen molar-refractivity contribution < 1.29 is 14.7 Å². The molecule has 1 unspecified atom stereocenters. The van der Waals surface area contributed by atoms with E-state index >= 15 is 0 Å².